The molecule has 2 rings (SSSR count). The van der Waals surface area contributed by atoms with Crippen LogP contribution in [0, 0.1) is 0 Å². The van der Waals surface area contributed by atoms with Crippen LogP contribution in [0.3, 0.4) is 0 Å². The van der Waals surface area contributed by atoms with E-state index < -0.39 is 0 Å². The fraction of sp³-hybridized carbons (Fsp3) is 0.316. The van der Waals surface area contributed by atoms with Crippen LogP contribution in [0.15, 0.2) is 48.5 Å². The largest absolute Gasteiger partial charge is 0.494 e. The van der Waals surface area contributed by atoms with E-state index in [2.05, 4.69) is 12.2 Å². The number of ether oxygens (including phenoxy) is 2. The van der Waals surface area contributed by atoms with E-state index in [-0.39, 0.29) is 18.6 Å². The van der Waals surface area contributed by atoms with Gasteiger partial charge in [-0.2, -0.15) is 0 Å². The molecular weight excluding hydrogens is 326 g/mol. The summed E-state index contributed by atoms with van der Waals surface area (Å²) in [6.45, 7) is 4.57. The first-order valence-corrected chi connectivity index (χ1v) is 8.37. The van der Waals surface area contributed by atoms with Crippen molar-refractivity contribution in [3.63, 3.8) is 0 Å². The lowest BCUT2D eigenvalue weighted by Gasteiger charge is -2.16. The van der Waals surface area contributed by atoms with Crippen LogP contribution in [0.25, 0.3) is 0 Å². The zero-order valence-electron chi connectivity index (χ0n) is 13.9. The molecule has 2 aromatic rings. The maximum absolute atomic E-state index is 12.0. The van der Waals surface area contributed by atoms with Gasteiger partial charge in [0.1, 0.15) is 11.5 Å². The highest BCUT2D eigenvalue weighted by Crippen LogP contribution is 2.22. The minimum absolute atomic E-state index is 0.0516. The summed E-state index contributed by atoms with van der Waals surface area (Å²) in [6.07, 6.45) is 0.960. The monoisotopic (exact) mass is 347 g/mol. The number of rotatable bonds is 8. The van der Waals surface area contributed by atoms with E-state index >= 15 is 0 Å². The Labute approximate surface area is 147 Å². The molecule has 24 heavy (non-hydrogen) atoms. The molecule has 5 heteroatoms. The third kappa shape index (κ3) is 5.46. The van der Waals surface area contributed by atoms with Gasteiger partial charge in [-0.1, -0.05) is 36.7 Å². The molecule has 0 aliphatic carbocycles. The molecule has 0 aliphatic heterocycles. The summed E-state index contributed by atoms with van der Waals surface area (Å²) in [7, 11) is 0. The van der Waals surface area contributed by atoms with E-state index in [1.807, 2.05) is 37.3 Å². The van der Waals surface area contributed by atoms with E-state index in [1.165, 1.54) is 0 Å². The highest BCUT2D eigenvalue weighted by atomic mass is 35.5. The molecular formula is C19H22ClNO3. The Bertz CT molecular complexity index is 658. The van der Waals surface area contributed by atoms with Crippen molar-refractivity contribution >= 4 is 17.5 Å². The van der Waals surface area contributed by atoms with E-state index in [1.54, 1.807) is 18.2 Å². The average Bonchev–Trinajstić information content (AvgIpc) is 2.59. The topological polar surface area (TPSA) is 47.6 Å². The minimum Gasteiger partial charge on any atom is -0.494 e. The predicted octanol–water partition coefficient (Wildman–Crippen LogP) is 4.39. The maximum Gasteiger partial charge on any atom is 0.258 e. The van der Waals surface area contributed by atoms with Gasteiger partial charge in [0, 0.05) is 5.02 Å². The van der Waals surface area contributed by atoms with E-state index in [9.17, 15) is 4.79 Å². The first-order valence-electron chi connectivity index (χ1n) is 7.99. The lowest BCUT2D eigenvalue weighted by atomic mass is 10.1. The van der Waals surface area contributed by atoms with Gasteiger partial charge in [0.25, 0.3) is 5.91 Å². The number of nitrogens with one attached hydrogen (secondary N) is 1. The van der Waals surface area contributed by atoms with Crippen LogP contribution >= 0.6 is 11.6 Å². The van der Waals surface area contributed by atoms with Crippen molar-refractivity contribution in [2.24, 2.45) is 0 Å². The number of carbonyl (C=O) groups is 1. The molecule has 4 nitrogen and oxygen atoms in total. The molecule has 0 spiro atoms. The fourth-order valence-corrected chi connectivity index (χ4v) is 2.49. The lowest BCUT2D eigenvalue weighted by molar-refractivity contribution is -0.123. The average molecular weight is 348 g/mol. The number of halogens is 1. The Morgan fingerprint density at radius 2 is 1.71 bits per heavy atom. The maximum atomic E-state index is 12.0. The SMILES string of the molecule is CCCOc1ccc(OCC(=O)NC(C)c2ccccc2Cl)cc1. The van der Waals surface area contributed by atoms with Crippen LogP contribution in [0.4, 0.5) is 0 Å². The van der Waals surface area contributed by atoms with Crippen LogP contribution in [-0.2, 0) is 4.79 Å². The molecule has 0 fully saturated rings. The van der Waals surface area contributed by atoms with Crippen molar-refractivity contribution in [2.75, 3.05) is 13.2 Å². The quantitative estimate of drug-likeness (QED) is 0.770. The number of hydrogen-bond donors (Lipinski definition) is 1. The molecule has 0 radical (unpaired) electrons. The molecule has 0 bridgehead atoms. The van der Waals surface area contributed by atoms with Gasteiger partial charge in [-0.3, -0.25) is 4.79 Å². The third-order valence-electron chi connectivity index (χ3n) is 3.42. The Balaban J connectivity index is 1.81. The van der Waals surface area contributed by atoms with Crippen molar-refractivity contribution < 1.29 is 14.3 Å². The molecule has 0 saturated carbocycles. The predicted molar refractivity (Wildman–Crippen MR) is 95.7 cm³/mol. The van der Waals surface area contributed by atoms with Crippen molar-refractivity contribution in [1.82, 2.24) is 5.32 Å². The molecule has 0 heterocycles. The normalized spacial score (nSPS) is 11.6. The molecule has 1 amide bonds. The van der Waals surface area contributed by atoms with Gasteiger partial charge in [-0.25, -0.2) is 0 Å². The standard InChI is InChI=1S/C19H22ClNO3/c1-3-12-23-15-8-10-16(11-9-15)24-13-19(22)21-14(2)17-6-4-5-7-18(17)20/h4-11,14H,3,12-13H2,1-2H3,(H,21,22). The highest BCUT2D eigenvalue weighted by molar-refractivity contribution is 6.31. The lowest BCUT2D eigenvalue weighted by Crippen LogP contribution is -2.31. The molecule has 0 aliphatic rings. The third-order valence-corrected chi connectivity index (χ3v) is 3.76. The summed E-state index contributed by atoms with van der Waals surface area (Å²) in [4.78, 5) is 12.0. The second kappa shape index (κ2) is 9.18. The summed E-state index contributed by atoms with van der Waals surface area (Å²) in [5, 5.41) is 3.51. The second-order valence-corrected chi connectivity index (χ2v) is 5.83. The van der Waals surface area contributed by atoms with Crippen LogP contribution in [0.1, 0.15) is 31.9 Å². The molecule has 0 saturated heterocycles. The summed E-state index contributed by atoms with van der Waals surface area (Å²) in [5.74, 6) is 1.22. The number of benzene rings is 2. The minimum atomic E-state index is -0.200. The molecule has 1 unspecified atom stereocenters. The van der Waals surface area contributed by atoms with Gasteiger partial charge in [-0.05, 0) is 49.2 Å². The Kier molecular flexibility index (Phi) is 6.94. The number of hydrogen-bond acceptors (Lipinski definition) is 3. The van der Waals surface area contributed by atoms with Crippen LogP contribution < -0.4 is 14.8 Å². The second-order valence-electron chi connectivity index (χ2n) is 5.42. The molecule has 0 aromatic heterocycles. The number of amides is 1. The van der Waals surface area contributed by atoms with Crippen LogP contribution in [0.5, 0.6) is 11.5 Å². The molecule has 2 aromatic carbocycles. The van der Waals surface area contributed by atoms with Gasteiger partial charge in [0.05, 0.1) is 12.6 Å². The van der Waals surface area contributed by atoms with Crippen LogP contribution in [0.2, 0.25) is 5.02 Å². The smallest absolute Gasteiger partial charge is 0.258 e. The Hall–Kier alpha value is -2.20. The fourth-order valence-electron chi connectivity index (χ4n) is 2.19. The zero-order chi connectivity index (χ0) is 17.4. The Morgan fingerprint density at radius 1 is 1.08 bits per heavy atom. The van der Waals surface area contributed by atoms with Gasteiger partial charge < -0.3 is 14.8 Å². The summed E-state index contributed by atoms with van der Waals surface area (Å²) < 4.78 is 11.0. The first kappa shape index (κ1) is 18.1. The van der Waals surface area contributed by atoms with E-state index in [0.717, 1.165) is 17.7 Å². The molecule has 1 N–H and O–H groups in total. The van der Waals surface area contributed by atoms with Crippen molar-refractivity contribution in [1.29, 1.82) is 0 Å². The van der Waals surface area contributed by atoms with Crippen molar-refractivity contribution in [3.05, 3.63) is 59.1 Å². The molecule has 128 valence electrons. The molecule has 1 atom stereocenters. The van der Waals surface area contributed by atoms with Crippen molar-refractivity contribution in [2.45, 2.75) is 26.3 Å². The summed E-state index contributed by atoms with van der Waals surface area (Å²) in [6, 6.07) is 14.5. The van der Waals surface area contributed by atoms with E-state index in [0.29, 0.717) is 17.4 Å². The van der Waals surface area contributed by atoms with Gasteiger partial charge in [-0.15, -0.1) is 0 Å². The highest BCUT2D eigenvalue weighted by Gasteiger charge is 2.12. The van der Waals surface area contributed by atoms with Gasteiger partial charge in [0.15, 0.2) is 6.61 Å². The zero-order valence-corrected chi connectivity index (χ0v) is 14.7. The van der Waals surface area contributed by atoms with Gasteiger partial charge in [0.2, 0.25) is 0 Å². The summed E-state index contributed by atoms with van der Waals surface area (Å²) >= 11 is 6.13. The van der Waals surface area contributed by atoms with E-state index in [4.69, 9.17) is 21.1 Å². The summed E-state index contributed by atoms with van der Waals surface area (Å²) in [5.41, 5.74) is 0.880. The van der Waals surface area contributed by atoms with Crippen molar-refractivity contribution in [3.8, 4) is 11.5 Å². The van der Waals surface area contributed by atoms with Gasteiger partial charge >= 0.3 is 0 Å². The first-order chi connectivity index (χ1) is 11.6. The van der Waals surface area contributed by atoms with Crippen LogP contribution in [-0.4, -0.2) is 19.1 Å². The number of carbonyl (C=O) groups excluding carboxylic acids is 1. The Morgan fingerprint density at radius 3 is 2.33 bits per heavy atom.